The molecule has 0 aliphatic carbocycles. The summed E-state index contributed by atoms with van der Waals surface area (Å²) in [5, 5.41) is 23.4. The molecule has 1 aliphatic rings. The van der Waals surface area contributed by atoms with Gasteiger partial charge in [-0.15, -0.1) is 4.40 Å². The number of anilines is 1. The summed E-state index contributed by atoms with van der Waals surface area (Å²) in [7, 11) is -4.01. The first-order valence-electron chi connectivity index (χ1n) is 8.20. The third-order valence-electron chi connectivity index (χ3n) is 3.87. The molecular weight excluding hydrogens is 390 g/mol. The number of phenols is 1. The number of nitro benzene ring substituents is 1. The molecule has 28 heavy (non-hydrogen) atoms. The van der Waals surface area contributed by atoms with Crippen molar-refractivity contribution in [3.05, 3.63) is 52.0 Å². The van der Waals surface area contributed by atoms with Crippen LogP contribution in [0.5, 0.6) is 5.75 Å². The fourth-order valence-electron chi connectivity index (χ4n) is 2.54. The van der Waals surface area contributed by atoms with Gasteiger partial charge in [-0.2, -0.15) is 8.42 Å². The molecule has 2 aromatic rings. The summed E-state index contributed by atoms with van der Waals surface area (Å²) in [5.74, 6) is 0.624. The Bertz CT molecular complexity index is 1090. The summed E-state index contributed by atoms with van der Waals surface area (Å²) in [6, 6.07) is 6.42. The van der Waals surface area contributed by atoms with E-state index in [0.717, 1.165) is 12.1 Å². The van der Waals surface area contributed by atoms with Crippen molar-refractivity contribution in [3.8, 4) is 5.75 Å². The molecule has 1 aromatic carbocycles. The molecule has 0 saturated heterocycles. The molecular formula is C16H17N5O6S. The minimum absolute atomic E-state index is 0.0397. The van der Waals surface area contributed by atoms with Crippen molar-refractivity contribution in [1.82, 2.24) is 4.72 Å². The molecule has 0 bridgehead atoms. The van der Waals surface area contributed by atoms with Crippen LogP contribution in [0.4, 0.5) is 11.4 Å². The van der Waals surface area contributed by atoms with Crippen LogP contribution in [0.1, 0.15) is 30.9 Å². The van der Waals surface area contributed by atoms with Crippen molar-refractivity contribution in [1.29, 1.82) is 0 Å². The van der Waals surface area contributed by atoms with Crippen LogP contribution in [-0.4, -0.2) is 30.1 Å². The van der Waals surface area contributed by atoms with E-state index in [9.17, 15) is 23.6 Å². The number of non-ortho nitro benzene ring substituents is 1. The maximum Gasteiger partial charge on any atom is 0.345 e. The lowest BCUT2D eigenvalue weighted by Crippen LogP contribution is -2.31. The van der Waals surface area contributed by atoms with Gasteiger partial charge in [0, 0.05) is 6.07 Å². The van der Waals surface area contributed by atoms with E-state index >= 15 is 0 Å². The van der Waals surface area contributed by atoms with Crippen molar-refractivity contribution in [2.75, 3.05) is 5.32 Å². The minimum Gasteiger partial charge on any atom is -0.506 e. The van der Waals surface area contributed by atoms with Crippen LogP contribution in [0.25, 0.3) is 0 Å². The average Bonchev–Trinajstić information content (AvgIpc) is 3.16. The van der Waals surface area contributed by atoms with Crippen molar-refractivity contribution in [3.63, 3.8) is 0 Å². The fourth-order valence-corrected chi connectivity index (χ4v) is 3.35. The van der Waals surface area contributed by atoms with Gasteiger partial charge in [-0.3, -0.25) is 15.1 Å². The lowest BCUT2D eigenvalue weighted by Gasteiger charge is -2.11. The fraction of sp³-hybridized carbons (Fsp3) is 0.250. The molecule has 0 saturated carbocycles. The third-order valence-corrected chi connectivity index (χ3v) is 4.74. The number of nitrogens with zero attached hydrogens (tertiary/aromatic N) is 3. The van der Waals surface area contributed by atoms with Gasteiger partial charge in [0.15, 0.2) is 11.7 Å². The number of hydrogen-bond donors (Lipinski definition) is 3. The Morgan fingerprint density at radius 2 is 2.14 bits per heavy atom. The van der Waals surface area contributed by atoms with Gasteiger partial charge in [-0.1, -0.05) is 6.92 Å². The Kier molecular flexibility index (Phi) is 5.05. The van der Waals surface area contributed by atoms with E-state index in [-0.39, 0.29) is 23.0 Å². The Morgan fingerprint density at radius 1 is 1.39 bits per heavy atom. The molecule has 0 amide bonds. The third kappa shape index (κ3) is 4.11. The number of rotatable bonds is 5. The monoisotopic (exact) mass is 407 g/mol. The largest absolute Gasteiger partial charge is 0.506 e. The van der Waals surface area contributed by atoms with Gasteiger partial charge in [0.05, 0.1) is 16.7 Å². The first-order chi connectivity index (χ1) is 13.2. The second-order valence-corrected chi connectivity index (χ2v) is 7.29. The molecule has 3 rings (SSSR count). The van der Waals surface area contributed by atoms with Crippen LogP contribution >= 0.6 is 0 Å². The van der Waals surface area contributed by atoms with Crippen molar-refractivity contribution >= 4 is 33.3 Å². The van der Waals surface area contributed by atoms with E-state index in [1.165, 1.54) is 6.07 Å². The topological polar surface area (TPSA) is 159 Å². The van der Waals surface area contributed by atoms with Crippen molar-refractivity contribution < 1.29 is 22.9 Å². The summed E-state index contributed by atoms with van der Waals surface area (Å²) in [6.07, 6.45) is 0.536. The number of phenolic OH excluding ortho intramolecular Hbond substituents is 1. The number of amidine groups is 2. The Hall–Kier alpha value is -3.41. The van der Waals surface area contributed by atoms with Crippen LogP contribution in [0, 0.1) is 17.0 Å². The van der Waals surface area contributed by atoms with Gasteiger partial charge in [0.25, 0.3) is 5.69 Å². The number of furan rings is 1. The molecule has 0 radical (unpaired) electrons. The summed E-state index contributed by atoms with van der Waals surface area (Å²) in [5.41, 5.74) is -0.270. The molecule has 0 spiro atoms. The van der Waals surface area contributed by atoms with Crippen LogP contribution in [0.3, 0.4) is 0 Å². The molecule has 3 N–H and O–H groups in total. The van der Waals surface area contributed by atoms with Gasteiger partial charge in [-0.05, 0) is 31.5 Å². The van der Waals surface area contributed by atoms with E-state index in [4.69, 9.17) is 4.42 Å². The van der Waals surface area contributed by atoms with E-state index in [0.29, 0.717) is 17.9 Å². The molecule has 0 fully saturated rings. The minimum atomic E-state index is -4.01. The van der Waals surface area contributed by atoms with E-state index in [1.54, 1.807) is 19.1 Å². The second-order valence-electron chi connectivity index (χ2n) is 5.95. The summed E-state index contributed by atoms with van der Waals surface area (Å²) < 4.78 is 35.1. The number of nitrogens with one attached hydrogen (secondary N) is 2. The first-order valence-corrected chi connectivity index (χ1v) is 9.64. The van der Waals surface area contributed by atoms with Crippen LogP contribution < -0.4 is 10.0 Å². The highest BCUT2D eigenvalue weighted by Crippen LogP contribution is 2.29. The highest BCUT2D eigenvalue weighted by molar-refractivity contribution is 7.89. The van der Waals surface area contributed by atoms with Crippen molar-refractivity contribution in [2.45, 2.75) is 26.3 Å². The summed E-state index contributed by atoms with van der Waals surface area (Å²) in [4.78, 5) is 14.5. The number of aryl methyl sites for hydroxylation is 1. The molecule has 1 aliphatic heterocycles. The lowest BCUT2D eigenvalue weighted by atomic mass is 10.2. The highest BCUT2D eigenvalue weighted by atomic mass is 32.2. The predicted molar refractivity (Wildman–Crippen MR) is 102 cm³/mol. The summed E-state index contributed by atoms with van der Waals surface area (Å²) >= 11 is 0. The van der Waals surface area contributed by atoms with Gasteiger partial charge >= 0.3 is 10.2 Å². The maximum atomic E-state index is 11.9. The van der Waals surface area contributed by atoms with Crippen LogP contribution in [0.2, 0.25) is 0 Å². The number of benzene rings is 1. The van der Waals surface area contributed by atoms with Gasteiger partial charge in [-0.25, -0.2) is 4.72 Å². The van der Waals surface area contributed by atoms with Gasteiger partial charge in [0.1, 0.15) is 23.3 Å². The average molecular weight is 407 g/mol. The highest BCUT2D eigenvalue weighted by Gasteiger charge is 2.29. The molecule has 12 heteroatoms. The predicted octanol–water partition coefficient (Wildman–Crippen LogP) is 2.41. The zero-order valence-corrected chi connectivity index (χ0v) is 15.7. The number of nitro groups is 1. The van der Waals surface area contributed by atoms with E-state index < -0.39 is 26.9 Å². The zero-order chi connectivity index (χ0) is 20.5. The standard InChI is InChI=1S/C16H17N5O6S/c1-3-11(14-7-4-9(2)27-14)17-15-16(20-28(25,26)19-15)18-12-6-5-10(21(23)24)8-13(12)22/h4-8,11,22H,3H2,1-2H3,(H,17,19)(H,18,20)/t11-/m1/s1. The smallest absolute Gasteiger partial charge is 0.345 e. The molecule has 148 valence electrons. The molecule has 1 aromatic heterocycles. The second kappa shape index (κ2) is 7.31. The van der Waals surface area contributed by atoms with E-state index in [2.05, 4.69) is 19.4 Å². The lowest BCUT2D eigenvalue weighted by molar-refractivity contribution is -0.384. The first kappa shape index (κ1) is 19.4. The molecule has 2 heterocycles. The van der Waals surface area contributed by atoms with E-state index in [1.807, 2.05) is 6.92 Å². The van der Waals surface area contributed by atoms with Crippen molar-refractivity contribution in [2.24, 2.45) is 9.39 Å². The Labute approximate surface area is 160 Å². The van der Waals surface area contributed by atoms with Gasteiger partial charge < -0.3 is 14.8 Å². The van der Waals surface area contributed by atoms with Gasteiger partial charge in [0.2, 0.25) is 0 Å². The SMILES string of the molecule is CC[C@@H](N=C1NS(=O)(=O)N=C1Nc1ccc([N+](=O)[O-])cc1O)c1ccc(C)o1. The van der Waals surface area contributed by atoms with Crippen LogP contribution in [-0.2, 0) is 10.2 Å². The number of aromatic hydroxyl groups is 1. The quantitative estimate of drug-likeness (QED) is 0.390. The number of hydrogen-bond acceptors (Lipinski definition) is 8. The maximum absolute atomic E-state index is 11.9. The normalized spacial score (nSPS) is 17.8. The molecule has 0 unspecified atom stereocenters. The zero-order valence-electron chi connectivity index (χ0n) is 14.9. The summed E-state index contributed by atoms with van der Waals surface area (Å²) in [6.45, 7) is 3.65. The van der Waals surface area contributed by atoms with Crippen LogP contribution in [0.15, 0.2) is 44.1 Å². The molecule has 1 atom stereocenters. The Balaban J connectivity index is 1.93. The Morgan fingerprint density at radius 3 is 2.71 bits per heavy atom. The molecule has 11 nitrogen and oxygen atoms in total. The number of aliphatic imine (C=N–C) groups is 1.